The van der Waals surface area contributed by atoms with Crippen LogP contribution in [0.5, 0.6) is 0 Å². The van der Waals surface area contributed by atoms with Gasteiger partial charge in [-0.2, -0.15) is 0 Å². The van der Waals surface area contributed by atoms with E-state index in [0.717, 1.165) is 77.6 Å². The molecule has 1 N–H and O–H groups in total. The van der Waals surface area contributed by atoms with Crippen LogP contribution in [-0.2, 0) is 14.2 Å². The Morgan fingerprint density at radius 3 is 2.67 bits per heavy atom. The van der Waals surface area contributed by atoms with Crippen LogP contribution in [-0.4, -0.2) is 69.1 Å². The molecule has 1 aromatic carbocycles. The van der Waals surface area contributed by atoms with Gasteiger partial charge in [-0.1, -0.05) is 30.3 Å². The van der Waals surface area contributed by atoms with Crippen LogP contribution < -0.4 is 5.32 Å². The van der Waals surface area contributed by atoms with Crippen molar-refractivity contribution in [3.63, 3.8) is 0 Å². The summed E-state index contributed by atoms with van der Waals surface area (Å²) in [5, 5.41) is 3.50. The van der Waals surface area contributed by atoms with E-state index < -0.39 is 0 Å². The maximum absolute atomic E-state index is 6.13. The number of aliphatic imine (C=N–C) groups is 1. The van der Waals surface area contributed by atoms with E-state index in [4.69, 9.17) is 19.2 Å². The van der Waals surface area contributed by atoms with Crippen LogP contribution in [0.2, 0.25) is 0 Å². The molecule has 0 aliphatic carbocycles. The van der Waals surface area contributed by atoms with Crippen molar-refractivity contribution in [3.8, 4) is 0 Å². The van der Waals surface area contributed by atoms with Gasteiger partial charge in [-0.15, -0.1) is 0 Å². The Morgan fingerprint density at radius 1 is 1.10 bits per heavy atom. The quantitative estimate of drug-likeness (QED) is 0.546. The molecule has 3 heterocycles. The lowest BCUT2D eigenvalue weighted by atomic mass is 9.95. The Bertz CT molecular complexity index is 655. The predicted octanol–water partition coefficient (Wildman–Crippen LogP) is 3.39. The summed E-state index contributed by atoms with van der Waals surface area (Å²) in [6.07, 6.45) is 6.31. The molecule has 0 amide bonds. The van der Waals surface area contributed by atoms with Gasteiger partial charge in [-0.05, 0) is 44.6 Å². The summed E-state index contributed by atoms with van der Waals surface area (Å²) in [6, 6.07) is 10.6. The van der Waals surface area contributed by atoms with Gasteiger partial charge in [0.25, 0.3) is 0 Å². The van der Waals surface area contributed by atoms with Crippen molar-refractivity contribution in [2.45, 2.75) is 57.3 Å². The van der Waals surface area contributed by atoms with Crippen molar-refractivity contribution in [3.05, 3.63) is 35.9 Å². The van der Waals surface area contributed by atoms with Gasteiger partial charge in [0, 0.05) is 45.3 Å². The van der Waals surface area contributed by atoms with Crippen molar-refractivity contribution in [2.24, 2.45) is 10.9 Å². The molecule has 30 heavy (non-hydrogen) atoms. The summed E-state index contributed by atoms with van der Waals surface area (Å²) in [5.41, 5.74) is 1.27. The average molecular weight is 416 g/mol. The van der Waals surface area contributed by atoms with Gasteiger partial charge in [-0.25, -0.2) is 0 Å². The highest BCUT2D eigenvalue weighted by Gasteiger charge is 2.30. The summed E-state index contributed by atoms with van der Waals surface area (Å²) < 4.78 is 17.9. The lowest BCUT2D eigenvalue weighted by molar-refractivity contribution is -0.0367. The first-order valence-electron chi connectivity index (χ1n) is 11.8. The third kappa shape index (κ3) is 5.74. The van der Waals surface area contributed by atoms with Crippen molar-refractivity contribution in [1.29, 1.82) is 0 Å². The van der Waals surface area contributed by atoms with Gasteiger partial charge in [-0.3, -0.25) is 4.99 Å². The number of rotatable bonds is 7. The van der Waals surface area contributed by atoms with Crippen LogP contribution in [0.25, 0.3) is 0 Å². The van der Waals surface area contributed by atoms with E-state index in [0.29, 0.717) is 18.1 Å². The molecule has 3 aliphatic rings. The Kier molecular flexibility index (Phi) is 8.01. The van der Waals surface area contributed by atoms with E-state index in [2.05, 4.69) is 47.5 Å². The minimum absolute atomic E-state index is 0.162. The normalized spacial score (nSPS) is 28.2. The molecule has 3 aliphatic heterocycles. The maximum atomic E-state index is 6.13. The number of ether oxygens (including phenoxy) is 3. The van der Waals surface area contributed by atoms with Crippen LogP contribution >= 0.6 is 0 Å². The molecule has 3 saturated heterocycles. The number of piperidine rings is 1. The van der Waals surface area contributed by atoms with Crippen LogP contribution in [0.15, 0.2) is 35.3 Å². The summed E-state index contributed by atoms with van der Waals surface area (Å²) in [5.74, 6) is 1.47. The van der Waals surface area contributed by atoms with Crippen molar-refractivity contribution < 1.29 is 14.2 Å². The van der Waals surface area contributed by atoms with E-state index in [1.54, 1.807) is 0 Å². The van der Waals surface area contributed by atoms with Gasteiger partial charge in [0.05, 0.1) is 24.9 Å². The number of hydrogen-bond donors (Lipinski definition) is 1. The average Bonchev–Trinajstić information content (AvgIpc) is 3.48. The van der Waals surface area contributed by atoms with Crippen LogP contribution in [0, 0.1) is 5.92 Å². The molecule has 0 spiro atoms. The fourth-order valence-electron chi connectivity index (χ4n) is 4.71. The van der Waals surface area contributed by atoms with Crippen molar-refractivity contribution in [2.75, 3.05) is 46.0 Å². The van der Waals surface area contributed by atoms with E-state index >= 15 is 0 Å². The van der Waals surface area contributed by atoms with E-state index in [9.17, 15) is 0 Å². The topological polar surface area (TPSA) is 55.3 Å². The number of nitrogens with one attached hydrogen (secondary N) is 1. The smallest absolute Gasteiger partial charge is 0.193 e. The van der Waals surface area contributed by atoms with Gasteiger partial charge < -0.3 is 24.4 Å². The third-order valence-corrected chi connectivity index (χ3v) is 6.44. The lowest BCUT2D eigenvalue weighted by Crippen LogP contribution is -2.47. The van der Waals surface area contributed by atoms with Gasteiger partial charge in [0.2, 0.25) is 0 Å². The fraction of sp³-hybridized carbons (Fsp3) is 0.708. The summed E-state index contributed by atoms with van der Waals surface area (Å²) >= 11 is 0. The second-order valence-corrected chi connectivity index (χ2v) is 8.60. The summed E-state index contributed by atoms with van der Waals surface area (Å²) in [6.45, 7) is 8.28. The number of benzene rings is 1. The van der Waals surface area contributed by atoms with E-state index in [1.807, 2.05) is 0 Å². The molecule has 0 aromatic heterocycles. The summed E-state index contributed by atoms with van der Waals surface area (Å²) in [4.78, 5) is 7.41. The SMILES string of the molecule is CCNC(=NCC1CCOC1c1ccccc1)N1CCC(OCC2CCCO2)CC1. The standard InChI is InChI=1S/C24H37N3O3/c1-2-25-24(26-17-20-12-16-29-23(20)19-7-4-3-5-8-19)27-13-10-21(11-14-27)30-18-22-9-6-15-28-22/h3-5,7-8,20-23H,2,6,9-18H2,1H3,(H,25,26). The number of hydrogen-bond acceptors (Lipinski definition) is 4. The first kappa shape index (κ1) is 21.6. The second-order valence-electron chi connectivity index (χ2n) is 8.60. The predicted molar refractivity (Wildman–Crippen MR) is 119 cm³/mol. The van der Waals surface area contributed by atoms with Gasteiger partial charge >= 0.3 is 0 Å². The van der Waals surface area contributed by atoms with Crippen LogP contribution in [0.1, 0.15) is 50.7 Å². The van der Waals surface area contributed by atoms with E-state index in [1.165, 1.54) is 12.0 Å². The highest BCUT2D eigenvalue weighted by Crippen LogP contribution is 2.34. The zero-order valence-corrected chi connectivity index (χ0v) is 18.3. The van der Waals surface area contributed by atoms with Crippen LogP contribution in [0.3, 0.4) is 0 Å². The van der Waals surface area contributed by atoms with Gasteiger partial charge in [0.1, 0.15) is 0 Å². The van der Waals surface area contributed by atoms with Crippen molar-refractivity contribution in [1.82, 2.24) is 10.2 Å². The molecule has 0 saturated carbocycles. The monoisotopic (exact) mass is 415 g/mol. The first-order valence-corrected chi connectivity index (χ1v) is 11.8. The Balaban J connectivity index is 1.28. The molecule has 3 fully saturated rings. The van der Waals surface area contributed by atoms with E-state index in [-0.39, 0.29) is 6.10 Å². The summed E-state index contributed by atoms with van der Waals surface area (Å²) in [7, 11) is 0. The third-order valence-electron chi connectivity index (χ3n) is 6.44. The molecule has 6 heteroatoms. The van der Waals surface area contributed by atoms with Crippen molar-refractivity contribution >= 4 is 5.96 Å². The molecule has 4 rings (SSSR count). The molecule has 3 atom stereocenters. The lowest BCUT2D eigenvalue weighted by Gasteiger charge is -2.34. The Morgan fingerprint density at radius 2 is 1.93 bits per heavy atom. The zero-order valence-electron chi connectivity index (χ0n) is 18.3. The molecular weight excluding hydrogens is 378 g/mol. The van der Waals surface area contributed by atoms with Gasteiger partial charge in [0.15, 0.2) is 5.96 Å². The first-order chi connectivity index (χ1) is 14.8. The Hall–Kier alpha value is -1.63. The maximum Gasteiger partial charge on any atom is 0.193 e. The minimum Gasteiger partial charge on any atom is -0.376 e. The molecular formula is C24H37N3O3. The molecule has 6 nitrogen and oxygen atoms in total. The number of guanidine groups is 1. The molecule has 1 aromatic rings. The minimum atomic E-state index is 0.162. The molecule has 166 valence electrons. The molecule has 3 unspecified atom stereocenters. The molecule has 0 bridgehead atoms. The molecule has 0 radical (unpaired) electrons. The number of nitrogens with zero attached hydrogens (tertiary/aromatic N) is 2. The largest absolute Gasteiger partial charge is 0.376 e. The zero-order chi connectivity index (χ0) is 20.6. The second kappa shape index (κ2) is 11.1. The van der Waals surface area contributed by atoms with Crippen LogP contribution in [0.4, 0.5) is 0 Å². The Labute approximate surface area is 181 Å². The highest BCUT2D eigenvalue weighted by molar-refractivity contribution is 5.80. The fourth-order valence-corrected chi connectivity index (χ4v) is 4.71. The number of likely N-dealkylation sites (tertiary alicyclic amines) is 1. The highest BCUT2D eigenvalue weighted by atomic mass is 16.5.